The van der Waals surface area contributed by atoms with Crippen molar-refractivity contribution in [1.29, 1.82) is 0 Å². The van der Waals surface area contributed by atoms with Gasteiger partial charge in [0, 0.05) is 17.3 Å². The van der Waals surface area contributed by atoms with Gasteiger partial charge in [0.15, 0.2) is 5.75 Å². The molecule has 0 bridgehead atoms. The predicted molar refractivity (Wildman–Crippen MR) is 106 cm³/mol. The SMILES string of the molecule is COc1ccc(C(=O)Nc2ccc3nn(-c4ccccc4)nc3c2)cc1[N+](=O)[O-]. The number of hydrogen-bond acceptors (Lipinski definition) is 6. The molecule has 0 spiro atoms. The third-order valence-corrected chi connectivity index (χ3v) is 4.26. The van der Waals surface area contributed by atoms with Crippen LogP contribution in [0.3, 0.4) is 0 Å². The van der Waals surface area contributed by atoms with Gasteiger partial charge in [-0.25, -0.2) is 0 Å². The van der Waals surface area contributed by atoms with Crippen LogP contribution in [-0.2, 0) is 0 Å². The molecule has 9 nitrogen and oxygen atoms in total. The molecule has 0 aliphatic heterocycles. The second-order valence-electron chi connectivity index (χ2n) is 6.13. The molecule has 9 heteroatoms. The van der Waals surface area contributed by atoms with Crippen LogP contribution in [0.1, 0.15) is 10.4 Å². The molecule has 4 aromatic rings. The number of nitrogens with one attached hydrogen (secondary N) is 1. The van der Waals surface area contributed by atoms with Crippen molar-refractivity contribution in [3.8, 4) is 11.4 Å². The zero-order valence-corrected chi connectivity index (χ0v) is 15.3. The molecule has 144 valence electrons. The van der Waals surface area contributed by atoms with E-state index in [1.54, 1.807) is 18.2 Å². The van der Waals surface area contributed by atoms with E-state index in [0.717, 1.165) is 5.69 Å². The zero-order chi connectivity index (χ0) is 20.4. The molecule has 0 aliphatic rings. The third-order valence-electron chi connectivity index (χ3n) is 4.26. The maximum Gasteiger partial charge on any atom is 0.311 e. The molecule has 0 aliphatic carbocycles. The number of nitro benzene ring substituents is 1. The number of benzene rings is 3. The Hall–Kier alpha value is -4.27. The Labute approximate surface area is 164 Å². The van der Waals surface area contributed by atoms with Crippen LogP contribution in [0.25, 0.3) is 16.7 Å². The van der Waals surface area contributed by atoms with E-state index in [0.29, 0.717) is 16.7 Å². The van der Waals surface area contributed by atoms with Crippen LogP contribution in [0.2, 0.25) is 0 Å². The molecule has 3 aromatic carbocycles. The molecule has 0 saturated heterocycles. The number of para-hydroxylation sites is 1. The number of nitrogens with zero attached hydrogens (tertiary/aromatic N) is 4. The summed E-state index contributed by atoms with van der Waals surface area (Å²) in [4.78, 5) is 24.6. The van der Waals surface area contributed by atoms with Crippen molar-refractivity contribution in [3.05, 3.63) is 82.4 Å². The van der Waals surface area contributed by atoms with Gasteiger partial charge in [-0.15, -0.1) is 10.2 Å². The Morgan fingerprint density at radius 3 is 2.52 bits per heavy atom. The van der Waals surface area contributed by atoms with Crippen LogP contribution in [-0.4, -0.2) is 32.9 Å². The molecule has 0 atom stereocenters. The van der Waals surface area contributed by atoms with Crippen LogP contribution in [0.5, 0.6) is 5.75 Å². The minimum atomic E-state index is -0.594. The third kappa shape index (κ3) is 3.61. The largest absolute Gasteiger partial charge is 0.490 e. The summed E-state index contributed by atoms with van der Waals surface area (Å²) in [7, 11) is 1.33. The summed E-state index contributed by atoms with van der Waals surface area (Å²) in [5, 5.41) is 22.7. The molecule has 4 rings (SSSR count). The van der Waals surface area contributed by atoms with Gasteiger partial charge in [0.1, 0.15) is 11.0 Å². The first-order valence-electron chi connectivity index (χ1n) is 8.61. The summed E-state index contributed by atoms with van der Waals surface area (Å²) in [6.45, 7) is 0. The monoisotopic (exact) mass is 389 g/mol. The first-order valence-corrected chi connectivity index (χ1v) is 8.61. The van der Waals surface area contributed by atoms with Gasteiger partial charge in [0.05, 0.1) is 17.7 Å². The lowest BCUT2D eigenvalue weighted by molar-refractivity contribution is -0.385. The first kappa shape index (κ1) is 18.1. The summed E-state index contributed by atoms with van der Waals surface area (Å²) in [6, 6.07) is 18.6. The molecule has 1 aromatic heterocycles. The standard InChI is InChI=1S/C20H15N5O4/c1-29-19-10-7-13(11-18(19)25(27)28)20(26)21-14-8-9-16-17(12-14)23-24(22-16)15-5-3-2-4-6-15/h2-12H,1H3,(H,21,26). The summed E-state index contributed by atoms with van der Waals surface area (Å²) >= 11 is 0. The fourth-order valence-electron chi connectivity index (χ4n) is 2.85. The van der Waals surface area contributed by atoms with Crippen molar-refractivity contribution < 1.29 is 14.5 Å². The van der Waals surface area contributed by atoms with Gasteiger partial charge in [0.2, 0.25) is 0 Å². The maximum absolute atomic E-state index is 12.5. The highest BCUT2D eigenvalue weighted by molar-refractivity contribution is 6.05. The fraction of sp³-hybridized carbons (Fsp3) is 0.0500. The lowest BCUT2D eigenvalue weighted by atomic mass is 10.1. The fourth-order valence-corrected chi connectivity index (χ4v) is 2.85. The Morgan fingerprint density at radius 2 is 1.79 bits per heavy atom. The highest BCUT2D eigenvalue weighted by Crippen LogP contribution is 2.28. The molecule has 0 unspecified atom stereocenters. The molecule has 0 saturated carbocycles. The van der Waals surface area contributed by atoms with E-state index in [4.69, 9.17) is 4.74 Å². The number of nitro groups is 1. The molecular weight excluding hydrogens is 374 g/mol. The van der Waals surface area contributed by atoms with Gasteiger partial charge in [-0.1, -0.05) is 18.2 Å². The van der Waals surface area contributed by atoms with Crippen molar-refractivity contribution in [2.24, 2.45) is 0 Å². The molecule has 29 heavy (non-hydrogen) atoms. The molecule has 0 radical (unpaired) electrons. The van der Waals surface area contributed by atoms with Crippen molar-refractivity contribution in [2.75, 3.05) is 12.4 Å². The highest BCUT2D eigenvalue weighted by atomic mass is 16.6. The molecule has 0 fully saturated rings. The van der Waals surface area contributed by atoms with Gasteiger partial charge in [-0.05, 0) is 42.5 Å². The zero-order valence-electron chi connectivity index (χ0n) is 15.3. The minimum Gasteiger partial charge on any atom is -0.490 e. The van der Waals surface area contributed by atoms with Crippen LogP contribution >= 0.6 is 0 Å². The van der Waals surface area contributed by atoms with E-state index in [9.17, 15) is 14.9 Å². The van der Waals surface area contributed by atoms with Gasteiger partial charge >= 0.3 is 5.69 Å². The Morgan fingerprint density at radius 1 is 1.03 bits per heavy atom. The van der Waals surface area contributed by atoms with Crippen molar-refractivity contribution in [1.82, 2.24) is 15.0 Å². The number of fused-ring (bicyclic) bond motifs is 1. The second kappa shape index (κ2) is 7.39. The van der Waals surface area contributed by atoms with Gasteiger partial charge in [-0.3, -0.25) is 14.9 Å². The second-order valence-corrected chi connectivity index (χ2v) is 6.13. The lowest BCUT2D eigenvalue weighted by Gasteiger charge is -2.06. The predicted octanol–water partition coefficient (Wildman–Crippen LogP) is 3.59. The van der Waals surface area contributed by atoms with E-state index in [-0.39, 0.29) is 17.0 Å². The smallest absolute Gasteiger partial charge is 0.311 e. The Balaban J connectivity index is 1.60. The van der Waals surface area contributed by atoms with Crippen molar-refractivity contribution in [3.63, 3.8) is 0 Å². The summed E-state index contributed by atoms with van der Waals surface area (Å²) in [5.74, 6) is -0.393. The number of rotatable bonds is 5. The van der Waals surface area contributed by atoms with Crippen LogP contribution in [0.4, 0.5) is 11.4 Å². The number of hydrogen-bond donors (Lipinski definition) is 1. The number of anilines is 1. The molecule has 1 N–H and O–H groups in total. The number of carbonyl (C=O) groups is 1. The number of carbonyl (C=O) groups excluding carboxylic acids is 1. The van der Waals surface area contributed by atoms with E-state index >= 15 is 0 Å². The van der Waals surface area contributed by atoms with Crippen LogP contribution in [0.15, 0.2) is 66.7 Å². The summed E-state index contributed by atoms with van der Waals surface area (Å²) in [5.41, 5.74) is 2.46. The van der Waals surface area contributed by atoms with Crippen LogP contribution in [0, 0.1) is 10.1 Å². The highest BCUT2D eigenvalue weighted by Gasteiger charge is 2.18. The molecule has 1 heterocycles. The lowest BCUT2D eigenvalue weighted by Crippen LogP contribution is -2.12. The first-order chi connectivity index (χ1) is 14.0. The molecular formula is C20H15N5O4. The average Bonchev–Trinajstić information content (AvgIpc) is 3.17. The number of ether oxygens (including phenoxy) is 1. The van der Waals surface area contributed by atoms with E-state index in [1.807, 2.05) is 30.3 Å². The average molecular weight is 389 g/mol. The number of methoxy groups -OCH3 is 1. The maximum atomic E-state index is 12.5. The van der Waals surface area contributed by atoms with E-state index < -0.39 is 10.8 Å². The van der Waals surface area contributed by atoms with E-state index in [1.165, 1.54) is 30.1 Å². The summed E-state index contributed by atoms with van der Waals surface area (Å²) < 4.78 is 4.96. The normalized spacial score (nSPS) is 10.7. The van der Waals surface area contributed by atoms with Crippen molar-refractivity contribution >= 4 is 28.3 Å². The minimum absolute atomic E-state index is 0.0884. The molecule has 1 amide bonds. The number of aromatic nitrogens is 3. The topological polar surface area (TPSA) is 112 Å². The summed E-state index contributed by atoms with van der Waals surface area (Å²) in [6.07, 6.45) is 0. The van der Waals surface area contributed by atoms with Gasteiger partial charge in [0.25, 0.3) is 5.91 Å². The van der Waals surface area contributed by atoms with Gasteiger partial charge < -0.3 is 10.1 Å². The van der Waals surface area contributed by atoms with Crippen molar-refractivity contribution in [2.45, 2.75) is 0 Å². The quantitative estimate of drug-likeness (QED) is 0.412. The Bertz CT molecular complexity index is 1220. The van der Waals surface area contributed by atoms with E-state index in [2.05, 4.69) is 15.5 Å². The number of amides is 1. The van der Waals surface area contributed by atoms with Crippen LogP contribution < -0.4 is 10.1 Å². The Kier molecular flexibility index (Phi) is 4.62. The van der Waals surface area contributed by atoms with Gasteiger partial charge in [-0.2, -0.15) is 4.80 Å².